The Bertz CT molecular complexity index is 4440. The van der Waals surface area contributed by atoms with Gasteiger partial charge in [-0.2, -0.15) is 0 Å². The van der Waals surface area contributed by atoms with Crippen molar-refractivity contribution in [1.29, 1.82) is 0 Å². The highest BCUT2D eigenvalue weighted by Gasteiger charge is 2.71. The smallest absolute Gasteiger partial charge is 0.306 e. The predicted molar refractivity (Wildman–Crippen MR) is 483 cm³/mol. The lowest BCUT2D eigenvalue weighted by Crippen LogP contribution is -2.59. The molecule has 700 valence electrons. The van der Waals surface area contributed by atoms with E-state index in [4.69, 9.17) is 116 Å². The molecule has 8 saturated heterocycles. The molecule has 4 saturated carbocycles. The summed E-state index contributed by atoms with van der Waals surface area (Å²) in [7, 11) is 16.1. The third-order valence-electron chi connectivity index (χ3n) is 30.9. The zero-order valence-corrected chi connectivity index (χ0v) is 79.2. The lowest BCUT2D eigenvalue weighted by Gasteiger charge is -2.44. The number of ketones is 2. The second-order valence-corrected chi connectivity index (χ2v) is 41.5. The Balaban J connectivity index is 0.000000173. The largest absolute Gasteiger partial charge is 0.462 e. The molecule has 126 heavy (non-hydrogen) atoms. The fraction of sp³-hybridized carbons (Fsp3) is 0.768. The topological polar surface area (TPSA) is 282 Å². The first kappa shape index (κ1) is 96.5. The molecular formula is C95H137Cl3N6O20S2. The molecule has 12 fully saturated rings. The maximum absolute atomic E-state index is 15.1. The second kappa shape index (κ2) is 41.8. The Kier molecular flexibility index (Phi) is 32.1. The first-order valence-corrected chi connectivity index (χ1v) is 49.0. The van der Waals surface area contributed by atoms with E-state index in [1.165, 1.54) is 11.3 Å². The molecule has 6 aliphatic carbocycles. The van der Waals surface area contributed by atoms with Crippen LogP contribution in [-0.2, 0) is 95.0 Å². The average Bonchev–Trinajstić information content (AvgIpc) is 1.49. The van der Waals surface area contributed by atoms with E-state index in [2.05, 4.69) is 72.4 Å². The summed E-state index contributed by atoms with van der Waals surface area (Å²) in [5.74, 6) is 0.0941. The van der Waals surface area contributed by atoms with Crippen LogP contribution in [0.3, 0.4) is 0 Å². The fourth-order valence-corrected chi connectivity index (χ4v) is 27.2. The summed E-state index contributed by atoms with van der Waals surface area (Å²) in [6.45, 7) is 14.9. The third-order valence-corrected chi connectivity index (χ3v) is 33.5. The number of benzene rings is 2. The molecule has 26 nitrogen and oxygen atoms in total. The number of fused-ring (bicyclic) bond motifs is 18. The highest BCUT2D eigenvalue weighted by Crippen LogP contribution is 2.66. The van der Waals surface area contributed by atoms with Crippen molar-refractivity contribution in [2.75, 3.05) is 75.3 Å². The van der Waals surface area contributed by atoms with Crippen molar-refractivity contribution in [2.45, 2.75) is 324 Å². The number of Topliss-reactive ketones (excluding diaryl/α,β-unsaturated/α-hetero) is 2. The van der Waals surface area contributed by atoms with Crippen molar-refractivity contribution < 1.29 is 95.0 Å². The Morgan fingerprint density at radius 3 is 1.54 bits per heavy atom. The first-order chi connectivity index (χ1) is 60.3. The van der Waals surface area contributed by atoms with Crippen molar-refractivity contribution in [2.24, 2.45) is 71.0 Å². The number of anilines is 1. The SMILES string of the molecule is C.CC[C@H]1CCC[C@H](O[C@H]2CC[C@H](N(C)C)C(C)O2)[C@@H](C)C(=O)C2=C[C@H]3[C@@H]4C[C@H](O[C@@H]5OC(C)[C@H](OC)C(OC)[C@@H]5OC)C[C@H]4[C@@H]4N[C@@H]4[C@H]3[C@@H]2CC(=O)O1.CC[C@H]1CCC[C@H](O[C@H]2CC[C@H](NC)CO2)[C@@H](C)C(=O)C2=C[C@H]3[C@@H]4C[C@H](O[C@@H]5OC(C)[C@H](OC)C(OC)[C@@H]5OC)C[C@H]4[C@H]4[C@@H]([C@H]3[C@@H]2CC(=O)O1)N4c1nc2ccc(Cl)cc2s1.Clc1ccc2nc(Cl)sc2c1. The van der Waals surface area contributed by atoms with Gasteiger partial charge in [-0.1, -0.05) is 93.4 Å². The molecule has 2 N–H and O–H groups in total. The van der Waals surface area contributed by atoms with Crippen LogP contribution in [0.2, 0.25) is 14.5 Å². The number of cyclic esters (lactones) is 2. The number of nitrogens with zero attached hydrogens (tertiary/aromatic N) is 4. The van der Waals surface area contributed by atoms with Gasteiger partial charge in [0.15, 0.2) is 46.3 Å². The van der Waals surface area contributed by atoms with E-state index >= 15 is 4.79 Å². The molecule has 37 atom stereocenters. The number of hydrogen-bond acceptors (Lipinski definition) is 28. The predicted octanol–water partition coefficient (Wildman–Crippen LogP) is 15.2. The van der Waals surface area contributed by atoms with Gasteiger partial charge in [0, 0.05) is 101 Å². The maximum Gasteiger partial charge on any atom is 0.306 e. The highest BCUT2D eigenvalue weighted by atomic mass is 35.5. The quantitative estimate of drug-likeness (QED) is 0.0651. The lowest BCUT2D eigenvalue weighted by atomic mass is 9.66. The number of likely N-dealkylation sites (N-methyl/N-ethyl adjacent to an activating group) is 2. The zero-order valence-electron chi connectivity index (χ0n) is 75.3. The van der Waals surface area contributed by atoms with Crippen LogP contribution in [0.25, 0.3) is 20.4 Å². The monoisotopic (exact) mass is 1850 g/mol. The number of esters is 2. The number of nitrogens with one attached hydrogen (secondary N) is 2. The molecule has 2 aromatic heterocycles. The first-order valence-electron chi connectivity index (χ1n) is 46.2. The van der Waals surface area contributed by atoms with Crippen molar-refractivity contribution in [3.8, 4) is 0 Å². The number of carbonyl (C=O) groups excluding carboxylic acids is 4. The zero-order chi connectivity index (χ0) is 88.2. The molecule has 5 unspecified atom stereocenters. The summed E-state index contributed by atoms with van der Waals surface area (Å²) < 4.78 is 103. The summed E-state index contributed by atoms with van der Waals surface area (Å²) in [6, 6.07) is 12.9. The Morgan fingerprint density at radius 1 is 0.540 bits per heavy atom. The Morgan fingerprint density at radius 2 is 1.03 bits per heavy atom. The van der Waals surface area contributed by atoms with E-state index in [1.54, 1.807) is 60.1 Å². The van der Waals surface area contributed by atoms with Gasteiger partial charge in [-0.25, -0.2) is 9.97 Å². The third kappa shape index (κ3) is 20.1. The maximum atomic E-state index is 15.1. The van der Waals surface area contributed by atoms with Crippen molar-refractivity contribution in [3.63, 3.8) is 0 Å². The van der Waals surface area contributed by atoms with Crippen molar-refractivity contribution in [3.05, 3.63) is 74.2 Å². The number of ether oxygens (including phenoxy) is 16. The van der Waals surface area contributed by atoms with Crippen LogP contribution < -0.4 is 15.5 Å². The summed E-state index contributed by atoms with van der Waals surface area (Å²) in [4.78, 5) is 71.5. The van der Waals surface area contributed by atoms with E-state index in [0.29, 0.717) is 58.9 Å². The number of hydrogen-bond donors (Lipinski definition) is 2. The molecule has 0 amide bonds. The van der Waals surface area contributed by atoms with Crippen LogP contribution in [0.1, 0.15) is 171 Å². The Labute approximate surface area is 767 Å². The summed E-state index contributed by atoms with van der Waals surface area (Å²) in [6.07, 6.45) is 12.1. The Hall–Kier alpha value is -4.03. The molecule has 2 aromatic carbocycles. The van der Waals surface area contributed by atoms with Crippen LogP contribution in [0.4, 0.5) is 5.13 Å². The van der Waals surface area contributed by atoms with Crippen LogP contribution in [0, 0.1) is 71.0 Å². The van der Waals surface area contributed by atoms with Gasteiger partial charge < -0.3 is 96.2 Å². The molecule has 4 aromatic rings. The van der Waals surface area contributed by atoms with Crippen LogP contribution >= 0.6 is 57.5 Å². The van der Waals surface area contributed by atoms with E-state index in [1.807, 2.05) is 65.1 Å². The molecule has 31 heteroatoms. The molecule has 18 rings (SSSR count). The van der Waals surface area contributed by atoms with Gasteiger partial charge in [0.05, 0.1) is 94.7 Å². The number of rotatable bonds is 19. The van der Waals surface area contributed by atoms with E-state index < -0.39 is 30.7 Å². The van der Waals surface area contributed by atoms with Gasteiger partial charge >= 0.3 is 11.9 Å². The van der Waals surface area contributed by atoms with Crippen LogP contribution in [0.15, 0.2) is 59.7 Å². The molecule has 0 bridgehead atoms. The van der Waals surface area contributed by atoms with Gasteiger partial charge in [0.25, 0.3) is 0 Å². The normalized spacial score (nSPS) is 42.2. The van der Waals surface area contributed by atoms with E-state index in [0.717, 1.165) is 132 Å². The van der Waals surface area contributed by atoms with Gasteiger partial charge in [-0.15, -0.1) is 11.3 Å². The van der Waals surface area contributed by atoms with Crippen molar-refractivity contribution >= 4 is 107 Å². The summed E-state index contributed by atoms with van der Waals surface area (Å²) in [5.41, 5.74) is 3.37. The molecule has 0 radical (unpaired) electrons. The molecule has 10 heterocycles. The summed E-state index contributed by atoms with van der Waals surface area (Å²) >= 11 is 21.0. The minimum absolute atomic E-state index is 0. The number of aromatic nitrogens is 2. The lowest BCUT2D eigenvalue weighted by molar-refractivity contribution is -0.314. The molecular weight excluding hydrogens is 1720 g/mol. The summed E-state index contributed by atoms with van der Waals surface area (Å²) in [5, 5.41) is 9.48. The van der Waals surface area contributed by atoms with Crippen molar-refractivity contribution in [1.82, 2.24) is 25.5 Å². The number of methoxy groups -OCH3 is 6. The van der Waals surface area contributed by atoms with Gasteiger partial charge in [0.1, 0.15) is 48.8 Å². The van der Waals surface area contributed by atoms with E-state index in [9.17, 15) is 14.4 Å². The molecule has 8 aliphatic heterocycles. The molecule has 0 spiro atoms. The van der Waals surface area contributed by atoms with Crippen LogP contribution in [0.5, 0.6) is 0 Å². The highest BCUT2D eigenvalue weighted by molar-refractivity contribution is 7.22. The minimum atomic E-state index is -0.646. The number of allylic oxidation sites excluding steroid dienone is 4. The standard InChI is InChI=1S/C46H64ClN3O10S.C41H66N2O10.C7H3Cl2NS.CH4/c1-8-26-10-9-11-34(60-37-15-13-25(48-4)21-56-37)22(2)41(52)32-19-29-28-17-27(59-45-44(55-7)43(54-6)42(53-5)23(3)57-45)18-31(28)39-40(38(29)30(32)20-36(51)58-26)50(39)46-49-33-14-12-24(47)16-35(33)61-46;1-10-23-12-11-13-31(53-33-15-14-30(43(5)6)21(3)49-33)20(2)37(45)29-18-26-25-16-24(52-41-40(48-9)39(47-8)38(46-7)22(4)50-41)17-28(25)35-36(42-35)34(26)27(29)19-32(44)51-23;8-4-1-2-5-6(3-4)11-7(9)10-5;/h12,14,16,19,22-23,25-31,34,37-40,42-45,48H,8-11,13,15,17-18,20-21H2,1-7H3;18,20-28,30-31,33-36,38-42H,10-17,19H2,1-9H3;1-3H;1H4/t22-,23?,25+,26+,27+,28+,29+,30-,31-,34+,37+,38-,39+,40-,42+,43?,44+,45+,50?;20-,21?,22?,23+,24+,25+,26+,27-,28-,30+,31+,33+,34-,35+,36-,38+,39?,40+,41+;;/m11../s1. The van der Waals surface area contributed by atoms with Gasteiger partial charge in [-0.05, 0) is 240 Å². The minimum Gasteiger partial charge on any atom is -0.462 e. The van der Waals surface area contributed by atoms with E-state index in [-0.39, 0.29) is 207 Å². The van der Waals surface area contributed by atoms with Gasteiger partial charge in [-0.3, -0.25) is 19.2 Å². The average molecular weight is 1850 g/mol. The van der Waals surface area contributed by atoms with Crippen LogP contribution in [-0.4, -0.2) is 262 Å². The number of carbonyl (C=O) groups is 4. The molecule has 14 aliphatic rings. The second-order valence-electron chi connectivity index (χ2n) is 38.0. The fourth-order valence-electron chi connectivity index (χ4n) is 24.6. The number of thiazole rings is 2. The number of halogens is 3. The van der Waals surface area contributed by atoms with Gasteiger partial charge in [0.2, 0.25) is 0 Å².